The van der Waals surface area contributed by atoms with Crippen LogP contribution in [0.4, 0.5) is 0 Å². The molecule has 0 nitrogen and oxygen atoms in total. The Bertz CT molecular complexity index is 1250. The van der Waals surface area contributed by atoms with E-state index in [0.717, 1.165) is 12.0 Å². The summed E-state index contributed by atoms with van der Waals surface area (Å²) in [7, 11) is 0. The minimum atomic E-state index is 0.524. The molecule has 0 fully saturated rings. The van der Waals surface area contributed by atoms with Crippen LogP contribution in [-0.4, -0.2) is 0 Å². The van der Waals surface area contributed by atoms with Crippen LogP contribution in [0.5, 0.6) is 0 Å². The van der Waals surface area contributed by atoms with Crippen molar-refractivity contribution in [3.63, 3.8) is 0 Å². The van der Waals surface area contributed by atoms with Gasteiger partial charge >= 0.3 is 0 Å². The molecule has 2 aliphatic carbocycles. The zero-order valence-corrected chi connectivity index (χ0v) is 19.0. The molecule has 0 amide bonds. The Morgan fingerprint density at radius 1 is 0.812 bits per heavy atom. The molecule has 158 valence electrons. The molecule has 0 N–H and O–H groups in total. The predicted molar refractivity (Wildman–Crippen MR) is 138 cm³/mol. The molecule has 3 aromatic rings. The lowest BCUT2D eigenvalue weighted by atomic mass is 9.74. The predicted octanol–water partition coefficient (Wildman–Crippen LogP) is 8.81. The molecule has 0 aliphatic heterocycles. The summed E-state index contributed by atoms with van der Waals surface area (Å²) in [5.41, 5.74) is 11.6. The number of rotatable bonds is 3. The SMILES string of the molecule is C=C1/C=C\CCC2C=C(c3ccc(-c4ccccc4C)c(-c4ccccc4)c3)C=C1C2C. The molecule has 0 heteroatoms. The van der Waals surface area contributed by atoms with Crippen LogP contribution in [0.25, 0.3) is 27.8 Å². The average Bonchev–Trinajstić information content (AvgIpc) is 2.83. The van der Waals surface area contributed by atoms with Gasteiger partial charge in [-0.05, 0) is 87.8 Å². The largest absolute Gasteiger partial charge is 0.0915 e. The highest BCUT2D eigenvalue weighted by atomic mass is 14.3. The molecule has 3 aromatic carbocycles. The molecule has 5 rings (SSSR count). The van der Waals surface area contributed by atoms with Crippen molar-refractivity contribution >= 4 is 5.57 Å². The molecule has 0 heterocycles. The molecule has 2 atom stereocenters. The number of fused-ring (bicyclic) bond motifs is 2. The molecule has 2 unspecified atom stereocenters. The van der Waals surface area contributed by atoms with E-state index in [1.165, 1.54) is 50.9 Å². The first-order valence-corrected chi connectivity index (χ1v) is 11.7. The standard InChI is InChI=1S/C32H30/c1-22-11-8-10-16-29(22)30-18-17-27(20-32(30)25-13-5-4-6-14-25)28-19-26-15-9-7-12-23(2)31(21-28)24(26)3/h4-8,10-14,16-21,24,26H,2,9,15H2,1,3H3/b12-7-. The number of allylic oxidation sites excluding steroid dienone is 7. The fourth-order valence-corrected chi connectivity index (χ4v) is 5.15. The number of aryl methyl sites for hydroxylation is 1. The molecule has 2 aliphatic rings. The van der Waals surface area contributed by atoms with Gasteiger partial charge in [-0.3, -0.25) is 0 Å². The van der Waals surface area contributed by atoms with E-state index in [0.29, 0.717) is 11.8 Å². The summed E-state index contributed by atoms with van der Waals surface area (Å²) >= 11 is 0. The van der Waals surface area contributed by atoms with Gasteiger partial charge in [0.1, 0.15) is 0 Å². The van der Waals surface area contributed by atoms with E-state index in [1.54, 1.807) is 0 Å². The van der Waals surface area contributed by atoms with Gasteiger partial charge in [0.2, 0.25) is 0 Å². The molecular weight excluding hydrogens is 384 g/mol. The van der Waals surface area contributed by atoms with Crippen LogP contribution < -0.4 is 0 Å². The van der Waals surface area contributed by atoms with Crippen LogP contribution >= 0.6 is 0 Å². The lowest BCUT2D eigenvalue weighted by molar-refractivity contribution is 0.458. The summed E-state index contributed by atoms with van der Waals surface area (Å²) in [4.78, 5) is 0. The van der Waals surface area contributed by atoms with E-state index in [9.17, 15) is 0 Å². The summed E-state index contributed by atoms with van der Waals surface area (Å²) in [6, 6.07) is 26.4. The van der Waals surface area contributed by atoms with Crippen LogP contribution in [0.15, 0.2) is 115 Å². The Morgan fingerprint density at radius 3 is 2.41 bits per heavy atom. The van der Waals surface area contributed by atoms with E-state index >= 15 is 0 Å². The minimum absolute atomic E-state index is 0.524. The van der Waals surface area contributed by atoms with Crippen LogP contribution in [0.3, 0.4) is 0 Å². The Balaban J connectivity index is 1.67. The second-order valence-corrected chi connectivity index (χ2v) is 9.12. The molecule has 0 saturated heterocycles. The monoisotopic (exact) mass is 414 g/mol. The van der Waals surface area contributed by atoms with Gasteiger partial charge < -0.3 is 0 Å². The Hall–Kier alpha value is -3.38. The molecular formula is C32H30. The van der Waals surface area contributed by atoms with E-state index in [2.05, 4.69) is 118 Å². The zero-order valence-electron chi connectivity index (χ0n) is 19.0. The van der Waals surface area contributed by atoms with Gasteiger partial charge in [-0.25, -0.2) is 0 Å². The summed E-state index contributed by atoms with van der Waals surface area (Å²) < 4.78 is 0. The fourth-order valence-electron chi connectivity index (χ4n) is 5.15. The maximum Gasteiger partial charge on any atom is -0.00991 e. The van der Waals surface area contributed by atoms with E-state index in [1.807, 2.05) is 0 Å². The molecule has 0 radical (unpaired) electrons. The smallest absolute Gasteiger partial charge is 0.00991 e. The highest BCUT2D eigenvalue weighted by Gasteiger charge is 2.26. The van der Waals surface area contributed by atoms with Crippen molar-refractivity contribution < 1.29 is 0 Å². The van der Waals surface area contributed by atoms with E-state index < -0.39 is 0 Å². The van der Waals surface area contributed by atoms with Gasteiger partial charge in [0.25, 0.3) is 0 Å². The van der Waals surface area contributed by atoms with Crippen LogP contribution in [0.2, 0.25) is 0 Å². The van der Waals surface area contributed by atoms with Gasteiger partial charge in [-0.1, -0.05) is 105 Å². The van der Waals surface area contributed by atoms with Gasteiger partial charge in [-0.2, -0.15) is 0 Å². The highest BCUT2D eigenvalue weighted by Crippen LogP contribution is 2.42. The topological polar surface area (TPSA) is 0 Å². The van der Waals surface area contributed by atoms with Gasteiger partial charge in [0.15, 0.2) is 0 Å². The Kier molecular flexibility index (Phi) is 5.53. The van der Waals surface area contributed by atoms with E-state index in [-0.39, 0.29) is 0 Å². The van der Waals surface area contributed by atoms with Crippen LogP contribution in [0.1, 0.15) is 30.9 Å². The van der Waals surface area contributed by atoms with Crippen molar-refractivity contribution in [3.8, 4) is 22.3 Å². The van der Waals surface area contributed by atoms with Crippen molar-refractivity contribution in [2.75, 3.05) is 0 Å². The lowest BCUT2D eigenvalue weighted by Crippen LogP contribution is -2.18. The number of benzene rings is 3. The Labute approximate surface area is 192 Å². The van der Waals surface area contributed by atoms with Crippen LogP contribution in [-0.2, 0) is 0 Å². The number of hydrogen-bond acceptors (Lipinski definition) is 0. The second kappa shape index (κ2) is 8.63. The maximum atomic E-state index is 4.36. The zero-order chi connectivity index (χ0) is 22.1. The van der Waals surface area contributed by atoms with Crippen molar-refractivity contribution in [2.24, 2.45) is 11.8 Å². The summed E-state index contributed by atoms with van der Waals surface area (Å²) in [5.74, 6) is 1.08. The van der Waals surface area contributed by atoms with Crippen molar-refractivity contribution in [1.82, 2.24) is 0 Å². The van der Waals surface area contributed by atoms with Crippen molar-refractivity contribution in [1.29, 1.82) is 0 Å². The first kappa shape index (κ1) is 20.5. The first-order chi connectivity index (χ1) is 15.6. The first-order valence-electron chi connectivity index (χ1n) is 11.7. The van der Waals surface area contributed by atoms with E-state index in [4.69, 9.17) is 0 Å². The van der Waals surface area contributed by atoms with Crippen LogP contribution in [0, 0.1) is 18.8 Å². The second-order valence-electron chi connectivity index (χ2n) is 9.12. The fraction of sp³-hybridized carbons (Fsp3) is 0.188. The normalized spacial score (nSPS) is 21.2. The third-order valence-electron chi connectivity index (χ3n) is 7.07. The molecule has 32 heavy (non-hydrogen) atoms. The summed E-state index contributed by atoms with van der Waals surface area (Å²) in [6.45, 7) is 8.91. The van der Waals surface area contributed by atoms with Gasteiger partial charge in [0.05, 0.1) is 0 Å². The quantitative estimate of drug-likeness (QED) is 0.401. The maximum absolute atomic E-state index is 4.36. The molecule has 0 aromatic heterocycles. The van der Waals surface area contributed by atoms with Crippen molar-refractivity contribution in [3.05, 3.63) is 126 Å². The van der Waals surface area contributed by atoms with Crippen molar-refractivity contribution in [2.45, 2.75) is 26.7 Å². The van der Waals surface area contributed by atoms with Gasteiger partial charge in [0, 0.05) is 0 Å². The molecule has 0 saturated carbocycles. The number of hydrogen-bond donors (Lipinski definition) is 0. The Morgan fingerprint density at radius 2 is 1.59 bits per heavy atom. The summed E-state index contributed by atoms with van der Waals surface area (Å²) in [6.07, 6.45) is 11.7. The third kappa shape index (κ3) is 3.82. The average molecular weight is 415 g/mol. The molecule has 2 bridgehead atoms. The minimum Gasteiger partial charge on any atom is -0.0915 e. The lowest BCUT2D eigenvalue weighted by Gasteiger charge is -2.31. The third-order valence-corrected chi connectivity index (χ3v) is 7.07. The summed E-state index contributed by atoms with van der Waals surface area (Å²) in [5, 5.41) is 0. The molecule has 0 spiro atoms. The van der Waals surface area contributed by atoms with Gasteiger partial charge in [-0.15, -0.1) is 0 Å². The highest BCUT2D eigenvalue weighted by molar-refractivity contribution is 5.89.